The van der Waals surface area contributed by atoms with Gasteiger partial charge >= 0.3 is 0 Å². The molecule has 1 amide bonds. The molecule has 1 aliphatic rings. The molecule has 0 aliphatic heterocycles. The zero-order chi connectivity index (χ0) is 13.3. The van der Waals surface area contributed by atoms with Crippen molar-refractivity contribution in [2.75, 3.05) is 0 Å². The van der Waals surface area contributed by atoms with Crippen LogP contribution in [-0.2, 0) is 0 Å². The molecule has 1 heterocycles. The van der Waals surface area contributed by atoms with E-state index in [1.807, 2.05) is 20.8 Å². The number of primary amides is 1. The Bertz CT molecular complexity index is 462. The molecule has 1 aromatic heterocycles. The molecule has 0 bridgehead atoms. The average Bonchev–Trinajstić information content (AvgIpc) is 2.98. The fourth-order valence-electron chi connectivity index (χ4n) is 1.42. The van der Waals surface area contributed by atoms with Crippen molar-refractivity contribution in [3.63, 3.8) is 0 Å². The fourth-order valence-corrected chi connectivity index (χ4v) is 1.42. The van der Waals surface area contributed by atoms with Crippen LogP contribution in [0.25, 0.3) is 0 Å². The van der Waals surface area contributed by atoms with Crippen molar-refractivity contribution in [3.8, 4) is 11.6 Å². The lowest BCUT2D eigenvalue weighted by molar-refractivity contribution is 0.0984. The minimum atomic E-state index is -0.588. The van der Waals surface area contributed by atoms with Crippen LogP contribution in [0.1, 0.15) is 44.1 Å². The molecule has 0 spiro atoms. The van der Waals surface area contributed by atoms with E-state index < -0.39 is 5.91 Å². The first-order chi connectivity index (χ1) is 8.33. The molecule has 1 saturated carbocycles. The second-order valence-corrected chi connectivity index (χ2v) is 5.42. The van der Waals surface area contributed by atoms with Gasteiger partial charge in [-0.2, -0.15) is 0 Å². The number of nitrogens with zero attached hydrogens (tertiary/aromatic N) is 1. The molecule has 1 aromatic rings. The van der Waals surface area contributed by atoms with Crippen LogP contribution < -0.4 is 15.2 Å². The Balaban J connectivity index is 2.26. The average molecular weight is 250 g/mol. The third-order valence-electron chi connectivity index (χ3n) is 2.27. The first-order valence-electron chi connectivity index (χ1n) is 6.01. The predicted molar refractivity (Wildman–Crippen MR) is 66.8 cm³/mol. The van der Waals surface area contributed by atoms with Crippen LogP contribution in [0.3, 0.4) is 0 Å². The van der Waals surface area contributed by atoms with E-state index in [9.17, 15) is 4.79 Å². The van der Waals surface area contributed by atoms with Crippen molar-refractivity contribution in [1.82, 2.24) is 4.98 Å². The second-order valence-electron chi connectivity index (χ2n) is 5.42. The van der Waals surface area contributed by atoms with E-state index in [1.165, 1.54) is 0 Å². The maximum atomic E-state index is 11.2. The van der Waals surface area contributed by atoms with Gasteiger partial charge in [0.1, 0.15) is 17.0 Å². The third-order valence-corrected chi connectivity index (χ3v) is 2.27. The Morgan fingerprint density at radius 2 is 2.06 bits per heavy atom. The number of aromatic nitrogens is 1. The summed E-state index contributed by atoms with van der Waals surface area (Å²) >= 11 is 0. The SMILES string of the molecule is CC(C)(C)Oc1cc(OC2CC2)cc(C(N)=O)n1. The van der Waals surface area contributed by atoms with Gasteiger partial charge < -0.3 is 15.2 Å². The summed E-state index contributed by atoms with van der Waals surface area (Å²) in [7, 11) is 0. The van der Waals surface area contributed by atoms with Gasteiger partial charge in [-0.15, -0.1) is 0 Å². The topological polar surface area (TPSA) is 74.4 Å². The van der Waals surface area contributed by atoms with Crippen LogP contribution >= 0.6 is 0 Å². The van der Waals surface area contributed by atoms with E-state index in [4.69, 9.17) is 15.2 Å². The van der Waals surface area contributed by atoms with Crippen LogP contribution in [0.2, 0.25) is 0 Å². The highest BCUT2D eigenvalue weighted by molar-refractivity contribution is 5.91. The maximum absolute atomic E-state index is 11.2. The van der Waals surface area contributed by atoms with Gasteiger partial charge in [0.2, 0.25) is 5.88 Å². The molecule has 18 heavy (non-hydrogen) atoms. The smallest absolute Gasteiger partial charge is 0.267 e. The number of hydrogen-bond donors (Lipinski definition) is 1. The number of amides is 1. The Labute approximate surface area is 106 Å². The van der Waals surface area contributed by atoms with Crippen LogP contribution in [0.5, 0.6) is 11.6 Å². The standard InChI is InChI=1S/C13H18N2O3/c1-13(2,3)18-11-7-9(17-8-4-5-8)6-10(15-11)12(14)16/h6-8H,4-5H2,1-3H3,(H2,14,16). The molecular weight excluding hydrogens is 232 g/mol. The zero-order valence-electron chi connectivity index (χ0n) is 10.9. The number of carbonyl (C=O) groups is 1. The number of nitrogens with two attached hydrogens (primary N) is 1. The van der Waals surface area contributed by atoms with Crippen LogP contribution in [0, 0.1) is 0 Å². The Morgan fingerprint density at radius 3 is 2.56 bits per heavy atom. The number of rotatable bonds is 4. The zero-order valence-corrected chi connectivity index (χ0v) is 10.9. The molecule has 5 nitrogen and oxygen atoms in total. The quantitative estimate of drug-likeness (QED) is 0.885. The van der Waals surface area contributed by atoms with Gasteiger partial charge in [0.05, 0.1) is 6.10 Å². The Kier molecular flexibility index (Phi) is 3.15. The van der Waals surface area contributed by atoms with Crippen molar-refractivity contribution >= 4 is 5.91 Å². The molecule has 0 atom stereocenters. The summed E-state index contributed by atoms with van der Waals surface area (Å²) in [6.45, 7) is 5.73. The molecule has 1 fully saturated rings. The van der Waals surface area contributed by atoms with Crippen LogP contribution in [0.4, 0.5) is 0 Å². The minimum absolute atomic E-state index is 0.160. The molecular formula is C13H18N2O3. The number of carbonyl (C=O) groups excluding carboxylic acids is 1. The highest BCUT2D eigenvalue weighted by atomic mass is 16.5. The normalized spacial score (nSPS) is 15.3. The van der Waals surface area contributed by atoms with Crippen LogP contribution in [-0.4, -0.2) is 22.6 Å². The molecule has 2 rings (SSSR count). The van der Waals surface area contributed by atoms with Crippen molar-refractivity contribution in [2.45, 2.75) is 45.3 Å². The van der Waals surface area contributed by atoms with Gasteiger partial charge in [-0.3, -0.25) is 4.79 Å². The van der Waals surface area contributed by atoms with E-state index in [2.05, 4.69) is 4.98 Å². The highest BCUT2D eigenvalue weighted by Gasteiger charge is 2.25. The monoisotopic (exact) mass is 250 g/mol. The van der Waals surface area contributed by atoms with E-state index in [0.29, 0.717) is 11.6 Å². The summed E-state index contributed by atoms with van der Waals surface area (Å²) in [5.74, 6) is 0.352. The molecule has 1 aliphatic carbocycles. The number of ether oxygens (including phenoxy) is 2. The Hall–Kier alpha value is -1.78. The van der Waals surface area contributed by atoms with Crippen molar-refractivity contribution in [3.05, 3.63) is 17.8 Å². The van der Waals surface area contributed by atoms with Gasteiger partial charge in [0, 0.05) is 12.1 Å². The van der Waals surface area contributed by atoms with Gasteiger partial charge in [-0.1, -0.05) is 0 Å². The summed E-state index contributed by atoms with van der Waals surface area (Å²) < 4.78 is 11.3. The summed E-state index contributed by atoms with van der Waals surface area (Å²) in [6.07, 6.45) is 2.34. The van der Waals surface area contributed by atoms with Gasteiger partial charge in [0.15, 0.2) is 0 Å². The molecule has 5 heteroatoms. The van der Waals surface area contributed by atoms with Crippen molar-refractivity contribution < 1.29 is 14.3 Å². The molecule has 0 unspecified atom stereocenters. The lowest BCUT2D eigenvalue weighted by Crippen LogP contribution is -2.24. The van der Waals surface area contributed by atoms with E-state index in [-0.39, 0.29) is 17.4 Å². The number of pyridine rings is 1. The number of hydrogen-bond acceptors (Lipinski definition) is 4. The van der Waals surface area contributed by atoms with E-state index >= 15 is 0 Å². The Morgan fingerprint density at radius 1 is 1.39 bits per heavy atom. The summed E-state index contributed by atoms with van der Waals surface area (Å²) in [5, 5.41) is 0. The van der Waals surface area contributed by atoms with Crippen molar-refractivity contribution in [1.29, 1.82) is 0 Å². The molecule has 0 radical (unpaired) electrons. The lowest BCUT2D eigenvalue weighted by atomic mass is 10.2. The summed E-state index contributed by atoms with van der Waals surface area (Å²) in [6, 6.07) is 3.24. The molecule has 0 aromatic carbocycles. The highest BCUT2D eigenvalue weighted by Crippen LogP contribution is 2.29. The van der Waals surface area contributed by atoms with Crippen LogP contribution in [0.15, 0.2) is 12.1 Å². The molecule has 98 valence electrons. The first-order valence-corrected chi connectivity index (χ1v) is 6.01. The summed E-state index contributed by atoms with van der Waals surface area (Å²) in [5.41, 5.74) is 5.02. The molecule has 2 N–H and O–H groups in total. The predicted octanol–water partition coefficient (Wildman–Crippen LogP) is 1.90. The first kappa shape index (κ1) is 12.7. The van der Waals surface area contributed by atoms with Gasteiger partial charge in [-0.05, 0) is 33.6 Å². The molecule has 0 saturated heterocycles. The maximum Gasteiger partial charge on any atom is 0.267 e. The van der Waals surface area contributed by atoms with E-state index in [1.54, 1.807) is 12.1 Å². The second kappa shape index (κ2) is 4.48. The summed E-state index contributed by atoms with van der Waals surface area (Å²) in [4.78, 5) is 15.3. The van der Waals surface area contributed by atoms with Gasteiger partial charge in [0.25, 0.3) is 5.91 Å². The van der Waals surface area contributed by atoms with E-state index in [0.717, 1.165) is 12.8 Å². The minimum Gasteiger partial charge on any atom is -0.490 e. The van der Waals surface area contributed by atoms with Crippen molar-refractivity contribution in [2.24, 2.45) is 5.73 Å². The largest absolute Gasteiger partial charge is 0.490 e. The fraction of sp³-hybridized carbons (Fsp3) is 0.538. The lowest BCUT2D eigenvalue weighted by Gasteiger charge is -2.21. The van der Waals surface area contributed by atoms with Gasteiger partial charge in [-0.25, -0.2) is 4.98 Å². The third kappa shape index (κ3) is 3.61.